The lowest BCUT2D eigenvalue weighted by molar-refractivity contribution is -0.00714. The Balaban J connectivity index is 1.51. The third kappa shape index (κ3) is 4.21. The smallest absolute Gasteiger partial charge is 0.340 e. The van der Waals surface area contributed by atoms with Crippen LogP contribution >= 0.6 is 0 Å². The summed E-state index contributed by atoms with van der Waals surface area (Å²) < 4.78 is 11.5. The highest BCUT2D eigenvalue weighted by Gasteiger charge is 2.33. The maximum atomic E-state index is 12.3. The lowest BCUT2D eigenvalue weighted by Gasteiger charge is -2.30. The Morgan fingerprint density at radius 3 is 2.67 bits per heavy atom. The Labute approximate surface area is 192 Å². The van der Waals surface area contributed by atoms with Gasteiger partial charge >= 0.3 is 5.97 Å². The van der Waals surface area contributed by atoms with Crippen LogP contribution in [0.15, 0.2) is 30.6 Å². The third-order valence-electron chi connectivity index (χ3n) is 5.86. The molecule has 4 N–H and O–H groups in total. The molecule has 1 fully saturated rings. The van der Waals surface area contributed by atoms with Crippen LogP contribution < -0.4 is 21.1 Å². The summed E-state index contributed by atoms with van der Waals surface area (Å²) in [4.78, 5) is 26.0. The first-order valence-electron chi connectivity index (χ1n) is 11.0. The van der Waals surface area contributed by atoms with Gasteiger partial charge in [0.2, 0.25) is 5.88 Å². The van der Waals surface area contributed by atoms with Gasteiger partial charge in [0.05, 0.1) is 16.6 Å². The van der Waals surface area contributed by atoms with E-state index in [4.69, 9.17) is 15.2 Å². The summed E-state index contributed by atoms with van der Waals surface area (Å²) in [7, 11) is 0. The lowest BCUT2D eigenvalue weighted by Crippen LogP contribution is -2.50. The Bertz CT molecular complexity index is 1250. The number of nitrogens with zero attached hydrogens (tertiary/aromatic N) is 3. The van der Waals surface area contributed by atoms with E-state index in [0.717, 1.165) is 29.4 Å². The summed E-state index contributed by atoms with van der Waals surface area (Å²) >= 11 is 0. The van der Waals surface area contributed by atoms with Crippen molar-refractivity contribution in [3.05, 3.63) is 47.4 Å². The molecule has 0 atom stereocenters. The zero-order chi connectivity index (χ0) is 23.4. The van der Waals surface area contributed by atoms with Crippen LogP contribution in [0.1, 0.15) is 49.3 Å². The monoisotopic (exact) mass is 448 g/mol. The number of pyridine rings is 3. The number of cyclic esters (lactones) is 1. The summed E-state index contributed by atoms with van der Waals surface area (Å²) in [6.07, 6.45) is 4.17. The number of carbonyl (C=O) groups is 1. The van der Waals surface area contributed by atoms with Gasteiger partial charge in [-0.2, -0.15) is 0 Å². The van der Waals surface area contributed by atoms with Crippen LogP contribution in [-0.4, -0.2) is 45.7 Å². The highest BCUT2D eigenvalue weighted by molar-refractivity contribution is 5.93. The summed E-state index contributed by atoms with van der Waals surface area (Å²) in [6.45, 7) is 9.25. The number of fused-ring (bicyclic) bond motifs is 2. The minimum absolute atomic E-state index is 0.103. The van der Waals surface area contributed by atoms with Gasteiger partial charge in [0, 0.05) is 37.4 Å². The highest BCUT2D eigenvalue weighted by atomic mass is 16.6. The Kier molecular flexibility index (Phi) is 4.98. The van der Waals surface area contributed by atoms with Gasteiger partial charge in [0.25, 0.3) is 0 Å². The molecule has 0 radical (unpaired) electrons. The Hall–Kier alpha value is -3.30. The van der Waals surface area contributed by atoms with Gasteiger partial charge in [-0.1, -0.05) is 0 Å². The molecule has 2 aliphatic heterocycles. The fraction of sp³-hybridized carbons (Fsp3) is 0.417. The summed E-state index contributed by atoms with van der Waals surface area (Å²) in [6, 6.07) is 5.43. The molecule has 0 spiro atoms. The predicted octanol–water partition coefficient (Wildman–Crippen LogP) is 2.80. The molecule has 9 nitrogen and oxygen atoms in total. The van der Waals surface area contributed by atoms with Gasteiger partial charge < -0.3 is 25.8 Å². The van der Waals surface area contributed by atoms with Crippen LogP contribution in [0.5, 0.6) is 5.88 Å². The second-order valence-corrected chi connectivity index (χ2v) is 9.85. The van der Waals surface area contributed by atoms with Gasteiger partial charge in [-0.25, -0.2) is 19.7 Å². The summed E-state index contributed by atoms with van der Waals surface area (Å²) in [5.41, 5.74) is 7.35. The number of rotatable bonds is 5. The number of esters is 1. The molecule has 0 bridgehead atoms. The third-order valence-corrected chi connectivity index (χ3v) is 5.86. The van der Waals surface area contributed by atoms with Crippen molar-refractivity contribution >= 4 is 28.4 Å². The quantitative estimate of drug-likeness (QED) is 0.505. The largest absolute Gasteiger partial charge is 0.471 e. The van der Waals surface area contributed by atoms with Gasteiger partial charge in [0.15, 0.2) is 0 Å². The minimum Gasteiger partial charge on any atom is -0.471 e. The van der Waals surface area contributed by atoms with E-state index in [-0.39, 0.29) is 12.1 Å². The van der Waals surface area contributed by atoms with Gasteiger partial charge in [-0.3, -0.25) is 0 Å². The van der Waals surface area contributed by atoms with E-state index in [9.17, 15) is 4.79 Å². The standard InChI is InChI=1S/C24H28N6O3/c1-23(2)8-18-14(22(31)33-23)5-6-19(29-18)30-20-7-15-16(11-27-20)21(32-13-9-26-10-13)28-12-17(15)24(3,4)25/h5-7,11-13,26H,8-10,25H2,1-4H3,(H,27,29,30). The van der Waals surface area contributed by atoms with Crippen LogP contribution in [-0.2, 0) is 16.7 Å². The number of anilines is 2. The average Bonchev–Trinajstić information content (AvgIpc) is 2.68. The molecular formula is C24H28N6O3. The van der Waals surface area contributed by atoms with Crippen molar-refractivity contribution in [2.75, 3.05) is 18.4 Å². The molecule has 33 heavy (non-hydrogen) atoms. The number of nitrogens with one attached hydrogen (secondary N) is 2. The minimum atomic E-state index is -0.601. The number of aromatic nitrogens is 3. The summed E-state index contributed by atoms with van der Waals surface area (Å²) in [5.74, 6) is 1.42. The van der Waals surface area contributed by atoms with Crippen molar-refractivity contribution < 1.29 is 14.3 Å². The molecule has 0 aliphatic carbocycles. The molecule has 0 aromatic carbocycles. The molecule has 5 rings (SSSR count). The van der Waals surface area contributed by atoms with Crippen molar-refractivity contribution in [3.8, 4) is 5.88 Å². The normalized spacial score (nSPS) is 17.8. The molecule has 9 heteroatoms. The van der Waals surface area contributed by atoms with Crippen LogP contribution in [0.4, 0.5) is 11.6 Å². The number of carbonyl (C=O) groups excluding carboxylic acids is 1. The Morgan fingerprint density at radius 2 is 1.97 bits per heavy atom. The lowest BCUT2D eigenvalue weighted by atomic mass is 9.93. The number of hydrogen-bond acceptors (Lipinski definition) is 9. The van der Waals surface area contributed by atoms with Crippen molar-refractivity contribution in [2.24, 2.45) is 5.73 Å². The molecule has 1 saturated heterocycles. The fourth-order valence-corrected chi connectivity index (χ4v) is 4.06. The molecular weight excluding hydrogens is 420 g/mol. The van der Waals surface area contributed by atoms with Crippen molar-refractivity contribution in [3.63, 3.8) is 0 Å². The molecule has 172 valence electrons. The second kappa shape index (κ2) is 7.64. The SMILES string of the molecule is CC1(C)Cc2nc(Nc3cc4c(C(C)(C)N)cnc(OC5CNC5)c4cn3)ccc2C(=O)O1. The number of hydrogen-bond donors (Lipinski definition) is 3. The van der Waals surface area contributed by atoms with E-state index in [1.54, 1.807) is 24.5 Å². The van der Waals surface area contributed by atoms with E-state index in [2.05, 4.69) is 25.6 Å². The molecule has 0 amide bonds. The summed E-state index contributed by atoms with van der Waals surface area (Å²) in [5, 5.41) is 8.19. The molecule has 3 aromatic heterocycles. The van der Waals surface area contributed by atoms with E-state index in [1.807, 2.05) is 33.8 Å². The van der Waals surface area contributed by atoms with Crippen LogP contribution in [0.3, 0.4) is 0 Å². The molecule has 3 aromatic rings. The van der Waals surface area contributed by atoms with Gasteiger partial charge in [0.1, 0.15) is 23.3 Å². The van der Waals surface area contributed by atoms with Crippen molar-refractivity contribution in [1.82, 2.24) is 20.3 Å². The molecule has 2 aliphatic rings. The van der Waals surface area contributed by atoms with E-state index < -0.39 is 11.1 Å². The first-order valence-corrected chi connectivity index (χ1v) is 11.0. The first-order chi connectivity index (χ1) is 15.6. The molecule has 0 saturated carbocycles. The van der Waals surface area contributed by atoms with E-state index in [0.29, 0.717) is 35.2 Å². The Morgan fingerprint density at radius 1 is 1.18 bits per heavy atom. The highest BCUT2D eigenvalue weighted by Crippen LogP contribution is 2.34. The van der Waals surface area contributed by atoms with Crippen LogP contribution in [0.2, 0.25) is 0 Å². The van der Waals surface area contributed by atoms with Crippen LogP contribution in [0.25, 0.3) is 10.8 Å². The molecule has 0 unspecified atom stereocenters. The van der Waals surface area contributed by atoms with Crippen molar-refractivity contribution in [1.29, 1.82) is 0 Å². The zero-order valence-corrected chi connectivity index (χ0v) is 19.2. The maximum absolute atomic E-state index is 12.3. The number of ether oxygens (including phenoxy) is 2. The fourth-order valence-electron chi connectivity index (χ4n) is 4.06. The van der Waals surface area contributed by atoms with Crippen LogP contribution in [0, 0.1) is 0 Å². The van der Waals surface area contributed by atoms with E-state index in [1.165, 1.54) is 0 Å². The first kappa shape index (κ1) is 21.5. The molecule has 5 heterocycles. The van der Waals surface area contributed by atoms with E-state index >= 15 is 0 Å². The predicted molar refractivity (Wildman–Crippen MR) is 125 cm³/mol. The topological polar surface area (TPSA) is 124 Å². The second-order valence-electron chi connectivity index (χ2n) is 9.85. The average molecular weight is 449 g/mol. The number of nitrogens with two attached hydrogens (primary N) is 1. The zero-order valence-electron chi connectivity index (χ0n) is 19.2. The van der Waals surface area contributed by atoms with Gasteiger partial charge in [-0.05, 0) is 56.8 Å². The maximum Gasteiger partial charge on any atom is 0.340 e. The van der Waals surface area contributed by atoms with Gasteiger partial charge in [-0.15, -0.1) is 0 Å². The van der Waals surface area contributed by atoms with Crippen molar-refractivity contribution in [2.45, 2.75) is 51.4 Å².